The Morgan fingerprint density at radius 2 is 2.67 bits per heavy atom. The van der Waals surface area contributed by atoms with Crippen LogP contribution in [0.3, 0.4) is 0 Å². The molecule has 0 aromatic carbocycles. The molecule has 0 saturated carbocycles. The topological polar surface area (TPSA) is 64.9 Å². The standard InChI is InChI=1S/C5H7N3O/c1-2-4(6)5-8-7-3-9-5/h2-4H,1,6H2/t4-/m1/s1. The Kier molecular flexibility index (Phi) is 1.60. The number of hydrogen-bond donors (Lipinski definition) is 1. The minimum atomic E-state index is -0.340. The van der Waals surface area contributed by atoms with Crippen LogP contribution in [0.4, 0.5) is 0 Å². The normalized spacial score (nSPS) is 13.0. The van der Waals surface area contributed by atoms with E-state index in [0.717, 1.165) is 0 Å². The molecular formula is C5H7N3O. The van der Waals surface area contributed by atoms with Crippen molar-refractivity contribution in [1.29, 1.82) is 0 Å². The Morgan fingerprint density at radius 1 is 1.89 bits per heavy atom. The average molecular weight is 125 g/mol. The molecule has 1 aromatic heterocycles. The second kappa shape index (κ2) is 2.41. The van der Waals surface area contributed by atoms with E-state index in [4.69, 9.17) is 10.2 Å². The summed E-state index contributed by atoms with van der Waals surface area (Å²) in [6, 6.07) is -0.340. The minimum Gasteiger partial charge on any atom is -0.426 e. The molecule has 0 aliphatic rings. The first kappa shape index (κ1) is 5.97. The van der Waals surface area contributed by atoms with Gasteiger partial charge in [0.25, 0.3) is 0 Å². The molecule has 1 heterocycles. The van der Waals surface area contributed by atoms with Gasteiger partial charge in [0.2, 0.25) is 12.3 Å². The molecule has 4 heteroatoms. The summed E-state index contributed by atoms with van der Waals surface area (Å²) in [5.41, 5.74) is 5.42. The second-order valence-corrected chi connectivity index (χ2v) is 1.54. The third-order valence-electron chi connectivity index (χ3n) is 0.916. The van der Waals surface area contributed by atoms with Gasteiger partial charge in [-0.2, -0.15) is 0 Å². The highest BCUT2D eigenvalue weighted by molar-refractivity contribution is 4.95. The zero-order valence-corrected chi connectivity index (χ0v) is 4.82. The molecule has 0 fully saturated rings. The minimum absolute atomic E-state index is 0.340. The Balaban J connectivity index is 2.76. The van der Waals surface area contributed by atoms with E-state index in [9.17, 15) is 0 Å². The molecule has 0 spiro atoms. The maximum atomic E-state index is 5.42. The predicted molar refractivity (Wildman–Crippen MR) is 31.4 cm³/mol. The molecule has 48 valence electrons. The van der Waals surface area contributed by atoms with Gasteiger partial charge < -0.3 is 10.2 Å². The highest BCUT2D eigenvalue weighted by atomic mass is 16.4. The van der Waals surface area contributed by atoms with Gasteiger partial charge in [0.15, 0.2) is 0 Å². The van der Waals surface area contributed by atoms with E-state index in [1.165, 1.54) is 12.5 Å². The van der Waals surface area contributed by atoms with Crippen molar-refractivity contribution in [2.45, 2.75) is 6.04 Å². The van der Waals surface area contributed by atoms with Crippen LogP contribution in [-0.4, -0.2) is 10.2 Å². The molecule has 0 radical (unpaired) electrons. The van der Waals surface area contributed by atoms with Crippen molar-refractivity contribution in [3.05, 3.63) is 24.9 Å². The largest absolute Gasteiger partial charge is 0.426 e. The van der Waals surface area contributed by atoms with Crippen LogP contribution in [0.15, 0.2) is 23.5 Å². The van der Waals surface area contributed by atoms with Gasteiger partial charge in [0.05, 0.1) is 0 Å². The Hall–Kier alpha value is -1.16. The molecular weight excluding hydrogens is 118 g/mol. The predicted octanol–water partition coefficient (Wildman–Crippen LogP) is 0.255. The van der Waals surface area contributed by atoms with Gasteiger partial charge in [-0.1, -0.05) is 6.08 Å². The fraction of sp³-hybridized carbons (Fsp3) is 0.200. The van der Waals surface area contributed by atoms with Crippen LogP contribution < -0.4 is 5.73 Å². The van der Waals surface area contributed by atoms with E-state index in [2.05, 4.69) is 16.8 Å². The molecule has 1 aromatic rings. The van der Waals surface area contributed by atoms with Gasteiger partial charge in [-0.25, -0.2) is 0 Å². The Bertz CT molecular complexity index is 182. The third kappa shape index (κ3) is 1.14. The first-order valence-electron chi connectivity index (χ1n) is 2.49. The molecule has 1 atom stereocenters. The van der Waals surface area contributed by atoms with Crippen LogP contribution in [0, 0.1) is 0 Å². The van der Waals surface area contributed by atoms with Crippen molar-refractivity contribution in [3.63, 3.8) is 0 Å². The van der Waals surface area contributed by atoms with E-state index < -0.39 is 0 Å². The molecule has 9 heavy (non-hydrogen) atoms. The fourth-order valence-corrected chi connectivity index (χ4v) is 0.428. The number of nitrogens with zero attached hydrogens (tertiary/aromatic N) is 2. The zero-order chi connectivity index (χ0) is 6.69. The lowest BCUT2D eigenvalue weighted by molar-refractivity contribution is 0.477. The highest BCUT2D eigenvalue weighted by Crippen LogP contribution is 2.04. The average Bonchev–Trinajstić information content (AvgIpc) is 2.37. The first-order valence-corrected chi connectivity index (χ1v) is 2.49. The van der Waals surface area contributed by atoms with Crippen molar-refractivity contribution < 1.29 is 4.42 Å². The second-order valence-electron chi connectivity index (χ2n) is 1.54. The molecule has 2 N–H and O–H groups in total. The number of nitrogens with two attached hydrogens (primary N) is 1. The van der Waals surface area contributed by atoms with E-state index in [1.54, 1.807) is 0 Å². The summed E-state index contributed by atoms with van der Waals surface area (Å²) >= 11 is 0. The monoisotopic (exact) mass is 125 g/mol. The summed E-state index contributed by atoms with van der Waals surface area (Å²) < 4.78 is 4.77. The molecule has 1 rings (SSSR count). The van der Waals surface area contributed by atoms with E-state index >= 15 is 0 Å². The molecule has 0 aliphatic carbocycles. The molecule has 0 saturated heterocycles. The van der Waals surface area contributed by atoms with Crippen molar-refractivity contribution in [2.75, 3.05) is 0 Å². The fourth-order valence-electron chi connectivity index (χ4n) is 0.428. The van der Waals surface area contributed by atoms with E-state index in [0.29, 0.717) is 5.89 Å². The summed E-state index contributed by atoms with van der Waals surface area (Å²) in [4.78, 5) is 0. The van der Waals surface area contributed by atoms with E-state index in [-0.39, 0.29) is 6.04 Å². The van der Waals surface area contributed by atoms with Crippen LogP contribution in [0.25, 0.3) is 0 Å². The zero-order valence-electron chi connectivity index (χ0n) is 4.82. The van der Waals surface area contributed by atoms with Crippen LogP contribution in [0.1, 0.15) is 11.9 Å². The van der Waals surface area contributed by atoms with Gasteiger partial charge in [0, 0.05) is 0 Å². The highest BCUT2D eigenvalue weighted by Gasteiger charge is 2.04. The number of rotatable bonds is 2. The third-order valence-corrected chi connectivity index (χ3v) is 0.916. The Morgan fingerprint density at radius 3 is 3.11 bits per heavy atom. The molecule has 4 nitrogen and oxygen atoms in total. The number of aromatic nitrogens is 2. The van der Waals surface area contributed by atoms with Crippen molar-refractivity contribution >= 4 is 0 Å². The van der Waals surface area contributed by atoms with Gasteiger partial charge in [0.1, 0.15) is 6.04 Å². The lowest BCUT2D eigenvalue weighted by Crippen LogP contribution is -2.06. The van der Waals surface area contributed by atoms with Crippen LogP contribution in [-0.2, 0) is 0 Å². The maximum Gasteiger partial charge on any atom is 0.236 e. The summed E-state index contributed by atoms with van der Waals surface area (Å²) in [5, 5.41) is 7.02. The van der Waals surface area contributed by atoms with Crippen molar-refractivity contribution in [2.24, 2.45) is 5.73 Å². The summed E-state index contributed by atoms with van der Waals surface area (Å²) in [7, 11) is 0. The summed E-state index contributed by atoms with van der Waals surface area (Å²) in [5.74, 6) is 0.394. The SMILES string of the molecule is C=C[C@@H](N)c1nnco1. The van der Waals surface area contributed by atoms with Crippen molar-refractivity contribution in [1.82, 2.24) is 10.2 Å². The van der Waals surface area contributed by atoms with Crippen LogP contribution in [0.2, 0.25) is 0 Å². The van der Waals surface area contributed by atoms with Gasteiger partial charge in [-0.3, -0.25) is 0 Å². The lowest BCUT2D eigenvalue weighted by atomic mass is 10.3. The summed E-state index contributed by atoms with van der Waals surface area (Å²) in [6.07, 6.45) is 2.77. The first-order chi connectivity index (χ1) is 4.34. The Labute approximate surface area is 52.4 Å². The molecule has 0 bridgehead atoms. The van der Waals surface area contributed by atoms with Crippen LogP contribution in [0.5, 0.6) is 0 Å². The smallest absolute Gasteiger partial charge is 0.236 e. The summed E-state index contributed by atoms with van der Waals surface area (Å²) in [6.45, 7) is 3.46. The van der Waals surface area contributed by atoms with Crippen LogP contribution >= 0.6 is 0 Å². The van der Waals surface area contributed by atoms with Gasteiger partial charge in [-0.05, 0) is 0 Å². The maximum absolute atomic E-state index is 5.42. The molecule has 0 amide bonds. The quantitative estimate of drug-likeness (QED) is 0.575. The van der Waals surface area contributed by atoms with Crippen molar-refractivity contribution in [3.8, 4) is 0 Å². The molecule has 0 unspecified atom stereocenters. The van der Waals surface area contributed by atoms with Gasteiger partial charge >= 0.3 is 0 Å². The molecule has 0 aliphatic heterocycles. The van der Waals surface area contributed by atoms with E-state index in [1.807, 2.05) is 0 Å². The lowest BCUT2D eigenvalue weighted by Gasteiger charge is -1.94. The van der Waals surface area contributed by atoms with Gasteiger partial charge in [-0.15, -0.1) is 16.8 Å². The number of hydrogen-bond acceptors (Lipinski definition) is 4.